The molecule has 3 aromatic rings. The van der Waals surface area contributed by atoms with Crippen molar-refractivity contribution in [2.24, 2.45) is 0 Å². The Morgan fingerprint density at radius 3 is 2.26 bits per heavy atom. The average Bonchev–Trinajstić information content (AvgIpc) is 2.96. The van der Waals surface area contributed by atoms with Crippen molar-refractivity contribution in [3.05, 3.63) is 77.0 Å². The molecule has 1 aliphatic heterocycles. The second kappa shape index (κ2) is 9.44. The van der Waals surface area contributed by atoms with Gasteiger partial charge in [-0.05, 0) is 53.3 Å². The summed E-state index contributed by atoms with van der Waals surface area (Å²) in [7, 11) is 0. The molecule has 1 aromatic heterocycles. The van der Waals surface area contributed by atoms with Crippen LogP contribution in [-0.4, -0.2) is 28.7 Å². The van der Waals surface area contributed by atoms with Gasteiger partial charge in [-0.15, -0.1) is 11.8 Å². The average molecular weight is 512 g/mol. The number of fused-ring (bicyclic) bond motifs is 1. The van der Waals surface area contributed by atoms with Crippen molar-refractivity contribution in [3.8, 4) is 17.0 Å². The van der Waals surface area contributed by atoms with E-state index in [0.717, 1.165) is 10.5 Å². The van der Waals surface area contributed by atoms with E-state index in [2.05, 4.69) is 4.98 Å². The summed E-state index contributed by atoms with van der Waals surface area (Å²) in [5.74, 6) is -0.396. The molecular formula is C24H18F6N2O2S. The van der Waals surface area contributed by atoms with Gasteiger partial charge in [-0.25, -0.2) is 4.98 Å². The van der Waals surface area contributed by atoms with Crippen molar-refractivity contribution in [2.45, 2.75) is 30.3 Å². The molecule has 0 aliphatic carbocycles. The molecule has 2 aromatic carbocycles. The first kappa shape index (κ1) is 24.9. The van der Waals surface area contributed by atoms with Gasteiger partial charge in [0.25, 0.3) is 5.91 Å². The van der Waals surface area contributed by atoms with Crippen molar-refractivity contribution >= 4 is 17.7 Å². The number of carbonyl (C=O) groups is 1. The monoisotopic (exact) mass is 512 g/mol. The molecule has 0 atom stereocenters. The van der Waals surface area contributed by atoms with Crippen LogP contribution in [0.1, 0.15) is 22.3 Å². The SMILES string of the molecule is CSc1ccccc1-c1ccnc2c1CN(Cc1cc(C(F)(F)F)cc(C(F)(F)F)c1)C(=O)CO2. The Balaban J connectivity index is 1.75. The lowest BCUT2D eigenvalue weighted by Crippen LogP contribution is -2.32. The van der Waals surface area contributed by atoms with Crippen LogP contribution in [0.2, 0.25) is 0 Å². The third-order valence-corrected chi connectivity index (χ3v) is 6.26. The Kier molecular flexibility index (Phi) is 6.72. The fraction of sp³-hybridized carbons (Fsp3) is 0.250. The van der Waals surface area contributed by atoms with E-state index in [4.69, 9.17) is 4.74 Å². The molecular weight excluding hydrogens is 494 g/mol. The number of pyridine rings is 1. The van der Waals surface area contributed by atoms with Crippen LogP contribution < -0.4 is 4.74 Å². The van der Waals surface area contributed by atoms with Gasteiger partial charge in [0.15, 0.2) is 6.61 Å². The third kappa shape index (κ3) is 5.39. The molecule has 4 nitrogen and oxygen atoms in total. The molecule has 2 heterocycles. The minimum absolute atomic E-state index is 0.0630. The molecule has 11 heteroatoms. The number of thioether (sulfide) groups is 1. The van der Waals surface area contributed by atoms with Gasteiger partial charge in [-0.3, -0.25) is 4.79 Å². The molecule has 0 saturated carbocycles. The minimum Gasteiger partial charge on any atom is -0.467 e. The Morgan fingerprint density at radius 1 is 0.971 bits per heavy atom. The van der Waals surface area contributed by atoms with E-state index < -0.39 is 42.5 Å². The first-order valence-corrected chi connectivity index (χ1v) is 11.5. The summed E-state index contributed by atoms with van der Waals surface area (Å²) < 4.78 is 85.3. The molecule has 184 valence electrons. The summed E-state index contributed by atoms with van der Waals surface area (Å²) in [6.45, 7) is -1.01. The molecule has 1 aliphatic rings. The number of ether oxygens (including phenoxy) is 1. The molecule has 0 spiro atoms. The van der Waals surface area contributed by atoms with E-state index in [1.54, 1.807) is 6.07 Å². The highest BCUT2D eigenvalue weighted by Gasteiger charge is 2.37. The zero-order valence-corrected chi connectivity index (χ0v) is 19.0. The molecule has 0 unspecified atom stereocenters. The van der Waals surface area contributed by atoms with Crippen molar-refractivity contribution in [3.63, 3.8) is 0 Å². The second-order valence-corrected chi connectivity index (χ2v) is 8.64. The van der Waals surface area contributed by atoms with Crippen molar-refractivity contribution in [1.82, 2.24) is 9.88 Å². The molecule has 0 N–H and O–H groups in total. The number of nitrogens with zero attached hydrogens (tertiary/aromatic N) is 2. The smallest absolute Gasteiger partial charge is 0.416 e. The summed E-state index contributed by atoms with van der Waals surface area (Å²) in [6.07, 6.45) is -6.54. The van der Waals surface area contributed by atoms with Gasteiger partial charge in [0.05, 0.1) is 17.7 Å². The number of halogens is 6. The Labute approximate surface area is 200 Å². The fourth-order valence-electron chi connectivity index (χ4n) is 3.85. The molecule has 0 bridgehead atoms. The predicted molar refractivity (Wildman–Crippen MR) is 118 cm³/mol. The van der Waals surface area contributed by atoms with E-state index in [1.807, 2.05) is 30.5 Å². The third-order valence-electron chi connectivity index (χ3n) is 5.47. The number of rotatable bonds is 4. The molecule has 35 heavy (non-hydrogen) atoms. The first-order chi connectivity index (χ1) is 16.5. The summed E-state index contributed by atoms with van der Waals surface area (Å²) in [6, 6.07) is 10.5. The van der Waals surface area contributed by atoms with Crippen LogP contribution in [0, 0.1) is 0 Å². The van der Waals surface area contributed by atoms with Crippen LogP contribution in [0.25, 0.3) is 11.1 Å². The van der Waals surface area contributed by atoms with Gasteiger partial charge in [-0.1, -0.05) is 18.2 Å². The van der Waals surface area contributed by atoms with Gasteiger partial charge in [0, 0.05) is 23.2 Å². The van der Waals surface area contributed by atoms with Crippen molar-refractivity contribution < 1.29 is 35.9 Å². The number of aromatic nitrogens is 1. The number of alkyl halides is 6. The van der Waals surface area contributed by atoms with E-state index >= 15 is 0 Å². The number of hydrogen-bond acceptors (Lipinski definition) is 4. The largest absolute Gasteiger partial charge is 0.467 e. The summed E-state index contributed by atoms with van der Waals surface area (Å²) >= 11 is 1.50. The molecule has 1 amide bonds. The molecule has 4 rings (SSSR count). The highest BCUT2D eigenvalue weighted by Crippen LogP contribution is 2.39. The van der Waals surface area contributed by atoms with Gasteiger partial charge in [0.1, 0.15) is 0 Å². The Hall–Kier alpha value is -3.21. The maximum absolute atomic E-state index is 13.3. The molecule has 0 radical (unpaired) electrons. The van der Waals surface area contributed by atoms with E-state index in [1.165, 1.54) is 22.9 Å². The number of amides is 1. The van der Waals surface area contributed by atoms with E-state index in [0.29, 0.717) is 23.3 Å². The van der Waals surface area contributed by atoms with Crippen LogP contribution in [0.15, 0.2) is 59.6 Å². The molecule has 0 saturated heterocycles. The quantitative estimate of drug-likeness (QED) is 0.299. The summed E-state index contributed by atoms with van der Waals surface area (Å²) in [4.78, 5) is 19.0. The highest BCUT2D eigenvalue weighted by atomic mass is 32.2. The van der Waals surface area contributed by atoms with E-state index in [-0.39, 0.29) is 24.1 Å². The minimum atomic E-state index is -4.98. The normalized spacial score (nSPS) is 14.4. The summed E-state index contributed by atoms with van der Waals surface area (Å²) in [5, 5.41) is 0. The predicted octanol–water partition coefficient (Wildman–Crippen LogP) is 6.43. The van der Waals surface area contributed by atoms with E-state index in [9.17, 15) is 31.1 Å². The van der Waals surface area contributed by atoms with Gasteiger partial charge < -0.3 is 9.64 Å². The van der Waals surface area contributed by atoms with Gasteiger partial charge in [-0.2, -0.15) is 26.3 Å². The standard InChI is InChI=1S/C24H18F6N2O2S/c1-35-20-5-3-2-4-18(20)17-6-7-31-22-19(17)12-32(21(33)13-34-22)11-14-8-15(23(25,26)27)10-16(9-14)24(28,29)30/h2-10H,11-13H2,1H3. The van der Waals surface area contributed by atoms with Gasteiger partial charge in [0.2, 0.25) is 5.88 Å². The zero-order chi connectivity index (χ0) is 25.4. The maximum atomic E-state index is 13.3. The lowest BCUT2D eigenvalue weighted by Gasteiger charge is -2.23. The lowest BCUT2D eigenvalue weighted by molar-refractivity contribution is -0.143. The fourth-order valence-corrected chi connectivity index (χ4v) is 4.46. The lowest BCUT2D eigenvalue weighted by atomic mass is 10.00. The van der Waals surface area contributed by atoms with Crippen LogP contribution in [0.5, 0.6) is 5.88 Å². The summed E-state index contributed by atoms with van der Waals surface area (Å²) in [5.41, 5.74) is -1.09. The van der Waals surface area contributed by atoms with Crippen LogP contribution >= 0.6 is 11.8 Å². The number of hydrogen-bond donors (Lipinski definition) is 0. The van der Waals surface area contributed by atoms with Crippen molar-refractivity contribution in [1.29, 1.82) is 0 Å². The van der Waals surface area contributed by atoms with Crippen LogP contribution in [-0.2, 0) is 30.2 Å². The van der Waals surface area contributed by atoms with Gasteiger partial charge >= 0.3 is 12.4 Å². The molecule has 0 fully saturated rings. The topological polar surface area (TPSA) is 42.4 Å². The second-order valence-electron chi connectivity index (χ2n) is 7.80. The zero-order valence-electron chi connectivity index (χ0n) is 18.2. The first-order valence-electron chi connectivity index (χ1n) is 10.3. The number of benzene rings is 2. The van der Waals surface area contributed by atoms with Crippen molar-refractivity contribution in [2.75, 3.05) is 12.9 Å². The highest BCUT2D eigenvalue weighted by molar-refractivity contribution is 7.98. The Bertz CT molecular complexity index is 1230. The number of carbonyl (C=O) groups excluding carboxylic acids is 1. The Morgan fingerprint density at radius 2 is 1.63 bits per heavy atom. The van der Waals surface area contributed by atoms with Crippen LogP contribution in [0.4, 0.5) is 26.3 Å². The van der Waals surface area contributed by atoms with Crippen LogP contribution in [0.3, 0.4) is 0 Å². The maximum Gasteiger partial charge on any atom is 0.416 e.